The molecule has 0 bridgehead atoms. The lowest BCUT2D eigenvalue weighted by Crippen LogP contribution is -2.40. The number of hydrogen-bond donors (Lipinski definition) is 1. The summed E-state index contributed by atoms with van der Waals surface area (Å²) in [6, 6.07) is 10.5. The summed E-state index contributed by atoms with van der Waals surface area (Å²) in [5, 5.41) is 7.90. The monoisotopic (exact) mass is 344 g/mol. The van der Waals surface area contributed by atoms with Gasteiger partial charge in [-0.2, -0.15) is 9.78 Å². The second-order valence-electron chi connectivity index (χ2n) is 6.61. The van der Waals surface area contributed by atoms with Gasteiger partial charge in [0.25, 0.3) is 5.56 Å². The molecule has 2 fully saturated rings. The molecule has 4 rings (SSSR count). The van der Waals surface area contributed by atoms with Crippen LogP contribution in [0.15, 0.2) is 41.3 Å². The topological polar surface area (TPSA) is 50.2 Å². The molecule has 1 aromatic carbocycles. The third-order valence-electron chi connectivity index (χ3n) is 4.87. The van der Waals surface area contributed by atoms with Crippen molar-refractivity contribution in [1.29, 1.82) is 0 Å². The van der Waals surface area contributed by atoms with Crippen LogP contribution in [0.2, 0.25) is 5.02 Å². The van der Waals surface area contributed by atoms with Crippen LogP contribution in [-0.2, 0) is 0 Å². The van der Waals surface area contributed by atoms with Gasteiger partial charge in [0.15, 0.2) is 0 Å². The summed E-state index contributed by atoms with van der Waals surface area (Å²) in [7, 11) is 0. The van der Waals surface area contributed by atoms with E-state index < -0.39 is 0 Å². The second-order valence-corrected chi connectivity index (χ2v) is 6.99. The summed E-state index contributed by atoms with van der Waals surface area (Å²) in [5.41, 5.74) is 1.07. The van der Waals surface area contributed by atoms with Crippen LogP contribution in [-0.4, -0.2) is 39.9 Å². The number of likely N-dealkylation sites (tertiary alicyclic amines) is 1. The Labute approximate surface area is 146 Å². The SMILES string of the molecule is O=c1c(Cl)c(NC2CCN(C3CC3)CC2)cnn1-c1ccccc1. The fourth-order valence-corrected chi connectivity index (χ4v) is 3.54. The van der Waals surface area contributed by atoms with E-state index in [4.69, 9.17) is 11.6 Å². The Balaban J connectivity index is 1.48. The number of para-hydroxylation sites is 1. The van der Waals surface area contributed by atoms with Crippen LogP contribution < -0.4 is 10.9 Å². The Hall–Kier alpha value is -1.85. The van der Waals surface area contributed by atoms with Gasteiger partial charge in [-0.25, -0.2) is 0 Å². The molecule has 2 aliphatic rings. The average Bonchev–Trinajstić information content (AvgIpc) is 3.46. The number of rotatable bonds is 4. The third-order valence-corrected chi connectivity index (χ3v) is 5.24. The Morgan fingerprint density at radius 1 is 1.08 bits per heavy atom. The van der Waals surface area contributed by atoms with Crippen LogP contribution in [0.25, 0.3) is 5.69 Å². The smallest absolute Gasteiger partial charge is 0.292 e. The molecule has 6 heteroatoms. The highest BCUT2D eigenvalue weighted by Crippen LogP contribution is 2.30. The maximum absolute atomic E-state index is 12.5. The Kier molecular flexibility index (Phi) is 4.29. The standard InChI is InChI=1S/C18H21ClN4O/c19-17-16(21-13-8-10-22(11-9-13)14-6-7-14)12-20-23(18(17)24)15-4-2-1-3-5-15/h1-5,12-14,21H,6-11H2. The predicted molar refractivity (Wildman–Crippen MR) is 96.1 cm³/mol. The third kappa shape index (κ3) is 3.19. The molecule has 2 aromatic rings. The first-order chi connectivity index (χ1) is 11.7. The van der Waals surface area contributed by atoms with Crippen molar-refractivity contribution in [3.05, 3.63) is 51.9 Å². The van der Waals surface area contributed by atoms with Gasteiger partial charge in [0, 0.05) is 25.2 Å². The van der Waals surface area contributed by atoms with E-state index in [-0.39, 0.29) is 10.6 Å². The summed E-state index contributed by atoms with van der Waals surface area (Å²) < 4.78 is 1.34. The maximum Gasteiger partial charge on any atom is 0.292 e. The van der Waals surface area contributed by atoms with Crippen molar-refractivity contribution >= 4 is 17.3 Å². The first kappa shape index (κ1) is 15.7. The van der Waals surface area contributed by atoms with Crippen molar-refractivity contribution in [2.45, 2.75) is 37.8 Å². The molecule has 1 aromatic heterocycles. The minimum absolute atomic E-state index is 0.207. The molecule has 126 valence electrons. The minimum atomic E-state index is -0.289. The summed E-state index contributed by atoms with van der Waals surface area (Å²) in [6.45, 7) is 2.24. The number of anilines is 1. The van der Waals surface area contributed by atoms with Crippen molar-refractivity contribution in [2.24, 2.45) is 0 Å². The number of piperidine rings is 1. The van der Waals surface area contributed by atoms with E-state index in [0.717, 1.165) is 32.0 Å². The molecule has 1 saturated carbocycles. The molecule has 1 N–H and O–H groups in total. The first-order valence-corrected chi connectivity index (χ1v) is 8.94. The quantitative estimate of drug-likeness (QED) is 0.926. The number of hydrogen-bond acceptors (Lipinski definition) is 4. The highest BCUT2D eigenvalue weighted by Gasteiger charge is 2.31. The van der Waals surface area contributed by atoms with Gasteiger partial charge in [0.05, 0.1) is 17.6 Å². The van der Waals surface area contributed by atoms with Crippen LogP contribution in [0, 0.1) is 0 Å². The molecule has 1 aliphatic heterocycles. The lowest BCUT2D eigenvalue weighted by Gasteiger charge is -2.32. The maximum atomic E-state index is 12.5. The van der Waals surface area contributed by atoms with Crippen molar-refractivity contribution in [3.8, 4) is 5.69 Å². The summed E-state index contributed by atoms with van der Waals surface area (Å²) in [4.78, 5) is 15.1. The number of aromatic nitrogens is 2. The molecule has 0 atom stereocenters. The van der Waals surface area contributed by atoms with E-state index >= 15 is 0 Å². The zero-order chi connectivity index (χ0) is 16.5. The van der Waals surface area contributed by atoms with E-state index in [9.17, 15) is 4.79 Å². The number of nitrogens with zero attached hydrogens (tertiary/aromatic N) is 3. The highest BCUT2D eigenvalue weighted by molar-refractivity contribution is 6.32. The predicted octanol–water partition coefficient (Wildman–Crippen LogP) is 2.92. The van der Waals surface area contributed by atoms with Crippen molar-refractivity contribution in [2.75, 3.05) is 18.4 Å². The van der Waals surface area contributed by atoms with E-state index in [1.165, 1.54) is 17.5 Å². The van der Waals surface area contributed by atoms with E-state index in [1.807, 2.05) is 30.3 Å². The van der Waals surface area contributed by atoms with Crippen LogP contribution in [0.5, 0.6) is 0 Å². The summed E-state index contributed by atoms with van der Waals surface area (Å²) in [6.07, 6.45) is 6.52. The van der Waals surface area contributed by atoms with Crippen LogP contribution >= 0.6 is 11.6 Å². The molecule has 1 aliphatic carbocycles. The molecule has 2 heterocycles. The van der Waals surface area contributed by atoms with Gasteiger partial charge in [-0.05, 0) is 37.8 Å². The molecule has 1 saturated heterocycles. The van der Waals surface area contributed by atoms with Crippen molar-refractivity contribution < 1.29 is 0 Å². The Morgan fingerprint density at radius 2 is 1.79 bits per heavy atom. The van der Waals surface area contributed by atoms with Gasteiger partial charge in [0.2, 0.25) is 0 Å². The molecular weight excluding hydrogens is 324 g/mol. The van der Waals surface area contributed by atoms with Gasteiger partial charge in [0.1, 0.15) is 5.02 Å². The van der Waals surface area contributed by atoms with E-state index in [2.05, 4.69) is 15.3 Å². The lowest BCUT2D eigenvalue weighted by atomic mass is 10.0. The molecule has 0 spiro atoms. The van der Waals surface area contributed by atoms with Gasteiger partial charge >= 0.3 is 0 Å². The number of benzene rings is 1. The normalized spacial score (nSPS) is 19.4. The molecular formula is C18H21ClN4O. The van der Waals surface area contributed by atoms with Gasteiger partial charge in [-0.15, -0.1) is 0 Å². The number of halogens is 1. The van der Waals surface area contributed by atoms with Crippen LogP contribution in [0.4, 0.5) is 5.69 Å². The van der Waals surface area contributed by atoms with Crippen LogP contribution in [0.1, 0.15) is 25.7 Å². The largest absolute Gasteiger partial charge is 0.380 e. The Bertz CT molecular complexity index is 764. The lowest BCUT2D eigenvalue weighted by molar-refractivity contribution is 0.210. The second kappa shape index (κ2) is 6.57. The van der Waals surface area contributed by atoms with Gasteiger partial charge in [-0.3, -0.25) is 4.79 Å². The first-order valence-electron chi connectivity index (χ1n) is 8.56. The Morgan fingerprint density at radius 3 is 2.46 bits per heavy atom. The van der Waals surface area contributed by atoms with Crippen molar-refractivity contribution in [1.82, 2.24) is 14.7 Å². The molecule has 0 amide bonds. The zero-order valence-electron chi connectivity index (χ0n) is 13.5. The minimum Gasteiger partial charge on any atom is -0.380 e. The molecule has 24 heavy (non-hydrogen) atoms. The fraction of sp³-hybridized carbons (Fsp3) is 0.444. The summed E-state index contributed by atoms with van der Waals surface area (Å²) in [5.74, 6) is 0. The van der Waals surface area contributed by atoms with Crippen LogP contribution in [0.3, 0.4) is 0 Å². The summed E-state index contributed by atoms with van der Waals surface area (Å²) >= 11 is 6.31. The molecule has 0 unspecified atom stereocenters. The van der Waals surface area contributed by atoms with E-state index in [0.29, 0.717) is 17.4 Å². The van der Waals surface area contributed by atoms with E-state index in [1.54, 1.807) is 6.20 Å². The zero-order valence-corrected chi connectivity index (χ0v) is 14.2. The highest BCUT2D eigenvalue weighted by atomic mass is 35.5. The van der Waals surface area contributed by atoms with Gasteiger partial charge < -0.3 is 10.2 Å². The fourth-order valence-electron chi connectivity index (χ4n) is 3.36. The van der Waals surface area contributed by atoms with Gasteiger partial charge in [-0.1, -0.05) is 29.8 Å². The van der Waals surface area contributed by atoms with Crippen molar-refractivity contribution in [3.63, 3.8) is 0 Å². The average molecular weight is 345 g/mol. The number of nitrogens with one attached hydrogen (secondary N) is 1. The molecule has 0 radical (unpaired) electrons. The molecule has 5 nitrogen and oxygen atoms in total.